The maximum atomic E-state index is 12.7. The molecule has 0 saturated carbocycles. The van der Waals surface area contributed by atoms with Crippen LogP contribution in [0.1, 0.15) is 11.1 Å². The van der Waals surface area contributed by atoms with E-state index < -0.39 is 10.0 Å². The summed E-state index contributed by atoms with van der Waals surface area (Å²) in [7, 11) is -2.38. The summed E-state index contributed by atoms with van der Waals surface area (Å²) in [5.41, 5.74) is 3.66. The zero-order valence-electron chi connectivity index (χ0n) is 15.4. The van der Waals surface area contributed by atoms with Gasteiger partial charge in [0.05, 0.1) is 19.0 Å². The average molecular weight is 383 g/mol. The van der Waals surface area contributed by atoms with Crippen LogP contribution in [0.15, 0.2) is 65.7 Å². The first-order chi connectivity index (χ1) is 12.9. The molecule has 0 fully saturated rings. The van der Waals surface area contributed by atoms with Crippen LogP contribution in [0.25, 0.3) is 0 Å². The Balaban J connectivity index is 1.80. The second-order valence-corrected chi connectivity index (χ2v) is 7.78. The molecule has 0 amide bonds. The van der Waals surface area contributed by atoms with E-state index in [9.17, 15) is 8.42 Å². The number of rotatable bonds is 6. The molecule has 3 rings (SSSR count). The molecule has 27 heavy (non-hydrogen) atoms. The van der Waals surface area contributed by atoms with E-state index in [0.717, 1.165) is 22.5 Å². The van der Waals surface area contributed by atoms with Gasteiger partial charge in [-0.2, -0.15) is 0 Å². The topological polar surface area (TPSA) is 80.3 Å². The first-order valence-electron chi connectivity index (χ1n) is 8.35. The van der Waals surface area contributed by atoms with Gasteiger partial charge in [0, 0.05) is 5.69 Å². The fourth-order valence-electron chi connectivity index (χ4n) is 2.58. The molecule has 1 aromatic heterocycles. The smallest absolute Gasteiger partial charge is 0.266 e. The van der Waals surface area contributed by atoms with Gasteiger partial charge >= 0.3 is 0 Å². The molecule has 2 aromatic carbocycles. The number of benzene rings is 2. The normalized spacial score (nSPS) is 11.1. The maximum absolute atomic E-state index is 12.7. The van der Waals surface area contributed by atoms with Crippen molar-refractivity contribution in [1.29, 1.82) is 0 Å². The molecule has 0 unspecified atom stereocenters. The number of pyridine rings is 1. The number of nitrogens with zero attached hydrogens (tertiary/aromatic N) is 1. The van der Waals surface area contributed by atoms with E-state index in [4.69, 9.17) is 4.74 Å². The van der Waals surface area contributed by atoms with Gasteiger partial charge in [-0.15, -0.1) is 0 Å². The minimum absolute atomic E-state index is 0.0777. The molecule has 0 aliphatic heterocycles. The largest absolute Gasteiger partial charge is 0.495 e. The van der Waals surface area contributed by atoms with E-state index >= 15 is 0 Å². The summed E-state index contributed by atoms with van der Waals surface area (Å²) < 4.78 is 33.1. The van der Waals surface area contributed by atoms with E-state index in [1.165, 1.54) is 7.11 Å². The number of sulfonamides is 1. The van der Waals surface area contributed by atoms with Crippen LogP contribution in [0.5, 0.6) is 5.75 Å². The van der Waals surface area contributed by atoms with Crippen LogP contribution in [0.4, 0.5) is 17.2 Å². The third-order valence-electron chi connectivity index (χ3n) is 4.04. The van der Waals surface area contributed by atoms with Crippen LogP contribution in [0.3, 0.4) is 0 Å². The number of methoxy groups -OCH3 is 1. The lowest BCUT2D eigenvalue weighted by atomic mass is 10.2. The molecule has 0 radical (unpaired) electrons. The molecule has 1 heterocycles. The van der Waals surface area contributed by atoms with Crippen molar-refractivity contribution in [2.45, 2.75) is 18.7 Å². The van der Waals surface area contributed by atoms with Crippen LogP contribution < -0.4 is 14.8 Å². The molecule has 140 valence electrons. The minimum atomic E-state index is -3.81. The van der Waals surface area contributed by atoms with Gasteiger partial charge in [-0.3, -0.25) is 4.72 Å². The lowest BCUT2D eigenvalue weighted by Crippen LogP contribution is -2.15. The van der Waals surface area contributed by atoms with Gasteiger partial charge < -0.3 is 10.1 Å². The van der Waals surface area contributed by atoms with E-state index in [2.05, 4.69) is 15.0 Å². The van der Waals surface area contributed by atoms with Crippen LogP contribution in [0.2, 0.25) is 0 Å². The van der Waals surface area contributed by atoms with E-state index in [1.54, 1.807) is 36.5 Å². The molecule has 0 atom stereocenters. The molecule has 0 aliphatic carbocycles. The highest BCUT2D eigenvalue weighted by molar-refractivity contribution is 7.92. The summed E-state index contributed by atoms with van der Waals surface area (Å²) in [5, 5.41) is 3.26. The number of aromatic nitrogens is 1. The highest BCUT2D eigenvalue weighted by Gasteiger charge is 2.20. The van der Waals surface area contributed by atoms with Crippen LogP contribution in [0, 0.1) is 13.8 Å². The van der Waals surface area contributed by atoms with Crippen LogP contribution in [-0.2, 0) is 10.0 Å². The number of para-hydroxylation sites is 1. The molecule has 3 aromatic rings. The Labute approximate surface area is 159 Å². The highest BCUT2D eigenvalue weighted by Crippen LogP contribution is 2.27. The summed E-state index contributed by atoms with van der Waals surface area (Å²) in [4.78, 5) is 4.28. The molecular formula is C20H21N3O3S. The first kappa shape index (κ1) is 18.7. The standard InChI is InChI=1S/C20H21N3O3S/c1-14-8-10-18(26-3)19(12-14)27(24,25)23-20-11-9-16(13-21-20)22-17-7-5-4-6-15(17)2/h4-13,22H,1-3H3,(H,21,23). The molecule has 0 spiro atoms. The van der Waals surface area contributed by atoms with E-state index in [0.29, 0.717) is 0 Å². The van der Waals surface area contributed by atoms with Gasteiger partial charge in [0.1, 0.15) is 16.5 Å². The number of hydrogen-bond acceptors (Lipinski definition) is 5. The second kappa shape index (κ2) is 7.67. The zero-order chi connectivity index (χ0) is 19.4. The number of aryl methyl sites for hydroxylation is 2. The lowest BCUT2D eigenvalue weighted by molar-refractivity contribution is 0.402. The van der Waals surface area contributed by atoms with Crippen LogP contribution >= 0.6 is 0 Å². The minimum Gasteiger partial charge on any atom is -0.495 e. The van der Waals surface area contributed by atoms with Crippen LogP contribution in [-0.4, -0.2) is 20.5 Å². The molecular weight excluding hydrogens is 362 g/mol. The number of anilines is 3. The summed E-state index contributed by atoms with van der Waals surface area (Å²) in [6.45, 7) is 3.83. The van der Waals surface area contributed by atoms with E-state index in [-0.39, 0.29) is 16.5 Å². The third-order valence-corrected chi connectivity index (χ3v) is 5.41. The highest BCUT2D eigenvalue weighted by atomic mass is 32.2. The Bertz CT molecular complexity index is 1050. The predicted molar refractivity (Wildman–Crippen MR) is 107 cm³/mol. The first-order valence-corrected chi connectivity index (χ1v) is 9.83. The molecule has 6 nitrogen and oxygen atoms in total. The molecule has 0 aliphatic rings. The lowest BCUT2D eigenvalue weighted by Gasteiger charge is -2.13. The van der Waals surface area contributed by atoms with Crippen molar-refractivity contribution in [3.63, 3.8) is 0 Å². The van der Waals surface area contributed by atoms with Crippen molar-refractivity contribution < 1.29 is 13.2 Å². The summed E-state index contributed by atoms with van der Waals surface area (Å²) in [5.74, 6) is 0.514. The van der Waals surface area contributed by atoms with Crippen molar-refractivity contribution in [1.82, 2.24) is 4.98 Å². The zero-order valence-corrected chi connectivity index (χ0v) is 16.2. The third kappa shape index (κ3) is 4.38. The summed E-state index contributed by atoms with van der Waals surface area (Å²) >= 11 is 0. The van der Waals surface area contributed by atoms with Gasteiger partial charge in [-0.05, 0) is 55.3 Å². The Morgan fingerprint density at radius 1 is 1.00 bits per heavy atom. The number of ether oxygens (including phenoxy) is 1. The van der Waals surface area contributed by atoms with Crippen molar-refractivity contribution in [2.75, 3.05) is 17.1 Å². The SMILES string of the molecule is COc1ccc(C)cc1S(=O)(=O)Nc1ccc(Nc2ccccc2C)cn1. The average Bonchev–Trinajstić information content (AvgIpc) is 2.65. The summed E-state index contributed by atoms with van der Waals surface area (Å²) in [6.07, 6.45) is 1.58. The second-order valence-electron chi connectivity index (χ2n) is 6.13. The Hall–Kier alpha value is -3.06. The van der Waals surface area contributed by atoms with Crippen molar-refractivity contribution in [2.24, 2.45) is 0 Å². The molecule has 0 bridgehead atoms. The van der Waals surface area contributed by atoms with Gasteiger partial charge in [-0.1, -0.05) is 24.3 Å². The van der Waals surface area contributed by atoms with Gasteiger partial charge in [-0.25, -0.2) is 13.4 Å². The Kier molecular flexibility index (Phi) is 5.32. The Morgan fingerprint density at radius 3 is 2.44 bits per heavy atom. The Morgan fingerprint density at radius 2 is 1.78 bits per heavy atom. The molecule has 2 N–H and O–H groups in total. The predicted octanol–water partition coefficient (Wildman–Crippen LogP) is 4.25. The fourth-order valence-corrected chi connectivity index (χ4v) is 3.85. The molecule has 0 saturated heterocycles. The quantitative estimate of drug-likeness (QED) is 0.665. The van der Waals surface area contributed by atoms with Gasteiger partial charge in [0.25, 0.3) is 10.0 Å². The number of hydrogen-bond donors (Lipinski definition) is 2. The molecule has 7 heteroatoms. The van der Waals surface area contributed by atoms with Crippen molar-refractivity contribution >= 4 is 27.2 Å². The van der Waals surface area contributed by atoms with Crippen molar-refractivity contribution in [3.05, 3.63) is 71.9 Å². The fraction of sp³-hybridized carbons (Fsp3) is 0.150. The monoisotopic (exact) mass is 383 g/mol. The van der Waals surface area contributed by atoms with E-state index in [1.807, 2.05) is 38.1 Å². The van der Waals surface area contributed by atoms with Gasteiger partial charge in [0.15, 0.2) is 0 Å². The summed E-state index contributed by atoms with van der Waals surface area (Å²) in [6, 6.07) is 16.3. The van der Waals surface area contributed by atoms with Gasteiger partial charge in [0.2, 0.25) is 0 Å². The van der Waals surface area contributed by atoms with Crippen molar-refractivity contribution in [3.8, 4) is 5.75 Å². The number of nitrogens with one attached hydrogen (secondary N) is 2. The maximum Gasteiger partial charge on any atom is 0.266 e.